The lowest BCUT2D eigenvalue weighted by Crippen LogP contribution is -2.55. The van der Waals surface area contributed by atoms with Gasteiger partial charge in [-0.15, -0.1) is 0 Å². The maximum atomic E-state index is 2.94. The Hall–Kier alpha value is -1.08. The summed E-state index contributed by atoms with van der Waals surface area (Å²) in [5, 5.41) is 0. The molecule has 1 aromatic rings. The zero-order chi connectivity index (χ0) is 28.2. The van der Waals surface area contributed by atoms with Gasteiger partial charge in [-0.2, -0.15) is 0 Å². The van der Waals surface area contributed by atoms with Crippen molar-refractivity contribution in [3.05, 3.63) is 41.0 Å². The van der Waals surface area contributed by atoms with Gasteiger partial charge in [0.25, 0.3) is 0 Å². The van der Waals surface area contributed by atoms with Crippen molar-refractivity contribution in [1.82, 2.24) is 4.90 Å². The van der Waals surface area contributed by atoms with E-state index in [4.69, 9.17) is 0 Å². The molecule has 0 fully saturated rings. The molecule has 0 aromatic heterocycles. The van der Waals surface area contributed by atoms with E-state index >= 15 is 0 Å². The summed E-state index contributed by atoms with van der Waals surface area (Å²) in [7, 11) is 0. The Labute approximate surface area is 239 Å². The van der Waals surface area contributed by atoms with E-state index in [1.54, 1.807) is 11.1 Å². The molecule has 1 aliphatic carbocycles. The first-order valence-corrected chi connectivity index (χ1v) is 16.6. The van der Waals surface area contributed by atoms with E-state index in [9.17, 15) is 0 Å². The third-order valence-corrected chi connectivity index (χ3v) is 9.62. The average Bonchev–Trinajstić information content (AvgIpc) is 3.13. The van der Waals surface area contributed by atoms with Gasteiger partial charge < -0.3 is 0 Å². The molecule has 218 valence electrons. The van der Waals surface area contributed by atoms with E-state index in [1.807, 2.05) is 0 Å². The Morgan fingerprint density at radius 1 is 0.684 bits per heavy atom. The number of rotatable bonds is 19. The Morgan fingerprint density at radius 3 is 1.74 bits per heavy atom. The monoisotopic (exact) mass is 524 g/mol. The van der Waals surface area contributed by atoms with Crippen molar-refractivity contribution in [3.63, 3.8) is 0 Å². The van der Waals surface area contributed by atoms with Crippen molar-refractivity contribution in [1.29, 1.82) is 0 Å². The fourth-order valence-electron chi connectivity index (χ4n) is 7.33. The lowest BCUT2D eigenvalue weighted by atomic mass is 9.66. The van der Waals surface area contributed by atoms with Crippen molar-refractivity contribution < 1.29 is 0 Å². The Morgan fingerprint density at radius 2 is 1.18 bits per heavy atom. The highest BCUT2D eigenvalue weighted by Crippen LogP contribution is 2.54. The number of allylic oxidation sites excluding steroid dienone is 2. The molecule has 0 saturated carbocycles. The molecule has 2 atom stereocenters. The molecule has 0 saturated heterocycles. The van der Waals surface area contributed by atoms with Gasteiger partial charge in [-0.25, -0.2) is 0 Å². The fourth-order valence-corrected chi connectivity index (χ4v) is 7.33. The van der Waals surface area contributed by atoms with Crippen LogP contribution in [-0.4, -0.2) is 23.0 Å². The molecule has 38 heavy (non-hydrogen) atoms. The minimum Gasteiger partial charge on any atom is -0.295 e. The van der Waals surface area contributed by atoms with Crippen LogP contribution in [-0.2, 0) is 0 Å². The smallest absolute Gasteiger partial charge is 0.0160 e. The van der Waals surface area contributed by atoms with E-state index in [2.05, 4.69) is 91.5 Å². The highest BCUT2D eigenvalue weighted by Gasteiger charge is 2.46. The predicted molar refractivity (Wildman–Crippen MR) is 172 cm³/mol. The summed E-state index contributed by atoms with van der Waals surface area (Å²) in [5.41, 5.74) is 6.53. The largest absolute Gasteiger partial charge is 0.295 e. The van der Waals surface area contributed by atoms with Crippen LogP contribution in [0.3, 0.4) is 0 Å². The van der Waals surface area contributed by atoms with Gasteiger partial charge in [0, 0.05) is 17.5 Å². The normalized spacial score (nSPS) is 16.9. The number of hydrogen-bond acceptors (Lipinski definition) is 1. The third-order valence-electron chi connectivity index (χ3n) is 9.62. The second-order valence-electron chi connectivity index (χ2n) is 14.1. The summed E-state index contributed by atoms with van der Waals surface area (Å²) in [6, 6.07) is 9.84. The van der Waals surface area contributed by atoms with Crippen molar-refractivity contribution >= 4 is 5.57 Å². The molecular formula is C37H65N. The lowest BCUT2D eigenvalue weighted by molar-refractivity contribution is -0.000275. The van der Waals surface area contributed by atoms with Crippen LogP contribution >= 0.6 is 0 Å². The van der Waals surface area contributed by atoms with E-state index in [1.165, 1.54) is 114 Å². The summed E-state index contributed by atoms with van der Waals surface area (Å²) in [6.45, 7) is 23.3. The second kappa shape index (κ2) is 16.2. The molecule has 0 N–H and O–H groups in total. The first kappa shape index (κ1) is 33.1. The number of unbranched alkanes of at least 4 members (excludes halogenated alkanes) is 12. The second-order valence-corrected chi connectivity index (χ2v) is 14.1. The molecule has 0 aliphatic heterocycles. The van der Waals surface area contributed by atoms with Crippen LogP contribution in [0.15, 0.2) is 29.8 Å². The minimum absolute atomic E-state index is 0.175. The number of nitrogens with zero attached hydrogens (tertiary/aromatic N) is 1. The summed E-state index contributed by atoms with van der Waals surface area (Å²) in [4.78, 5) is 2.94. The average molecular weight is 524 g/mol. The molecule has 0 heterocycles. The molecule has 0 amide bonds. The maximum Gasteiger partial charge on any atom is 0.0160 e. The van der Waals surface area contributed by atoms with Gasteiger partial charge in [-0.05, 0) is 76.1 Å². The fraction of sp³-hybridized carbons (Fsp3) is 0.784. The summed E-state index contributed by atoms with van der Waals surface area (Å²) >= 11 is 0. The molecule has 1 heteroatoms. The maximum absolute atomic E-state index is 2.94. The third kappa shape index (κ3) is 9.25. The van der Waals surface area contributed by atoms with Crippen LogP contribution in [0.25, 0.3) is 5.57 Å². The molecule has 0 spiro atoms. The molecule has 1 aliphatic rings. The van der Waals surface area contributed by atoms with Gasteiger partial charge in [0.05, 0.1) is 0 Å². The zero-order valence-electron chi connectivity index (χ0n) is 27.2. The lowest BCUT2D eigenvalue weighted by Gasteiger charge is -2.51. The zero-order valence-corrected chi connectivity index (χ0v) is 27.2. The Bertz CT molecular complexity index is 823. The van der Waals surface area contributed by atoms with Gasteiger partial charge in [-0.1, -0.05) is 141 Å². The van der Waals surface area contributed by atoms with E-state index in [0.717, 1.165) is 0 Å². The minimum atomic E-state index is 0.175. The van der Waals surface area contributed by atoms with Crippen LogP contribution in [0.5, 0.6) is 0 Å². The quantitative estimate of drug-likeness (QED) is 0.163. The van der Waals surface area contributed by atoms with Crippen molar-refractivity contribution in [3.8, 4) is 0 Å². The number of hydrogen-bond donors (Lipinski definition) is 0. The molecule has 1 aromatic carbocycles. The number of fused-ring (bicyclic) bond motifs is 1. The summed E-state index contributed by atoms with van der Waals surface area (Å²) < 4.78 is 0. The molecular weight excluding hydrogens is 458 g/mol. The van der Waals surface area contributed by atoms with Crippen molar-refractivity contribution in [2.45, 2.75) is 176 Å². The molecule has 0 bridgehead atoms. The van der Waals surface area contributed by atoms with Crippen molar-refractivity contribution in [2.24, 2.45) is 5.41 Å². The highest BCUT2D eigenvalue weighted by atomic mass is 15.2. The van der Waals surface area contributed by atoms with Crippen LogP contribution in [0.1, 0.15) is 176 Å². The molecule has 0 radical (unpaired) electrons. The van der Waals surface area contributed by atoms with Crippen LogP contribution < -0.4 is 0 Å². The topological polar surface area (TPSA) is 3.24 Å². The van der Waals surface area contributed by atoms with Gasteiger partial charge in [0.15, 0.2) is 0 Å². The van der Waals surface area contributed by atoms with Gasteiger partial charge in [0.1, 0.15) is 0 Å². The van der Waals surface area contributed by atoms with Crippen molar-refractivity contribution in [2.75, 3.05) is 6.54 Å². The summed E-state index contributed by atoms with van der Waals surface area (Å²) in [5.74, 6) is 0.507. The Balaban J connectivity index is 2.23. The van der Waals surface area contributed by atoms with E-state index < -0.39 is 0 Å². The first-order chi connectivity index (χ1) is 18.1. The predicted octanol–water partition coefficient (Wildman–Crippen LogP) is 12.0. The SMILES string of the molecule is CCCCCCCCCCN(C(CCCCCCCC)C(C)(C)C1C(C)=C(C)c2ccccc21)C(C)(C)C. The molecule has 2 unspecified atom stereocenters. The van der Waals surface area contributed by atoms with E-state index in [0.29, 0.717) is 12.0 Å². The summed E-state index contributed by atoms with van der Waals surface area (Å²) in [6.07, 6.45) is 20.7. The van der Waals surface area contributed by atoms with Crippen LogP contribution in [0.4, 0.5) is 0 Å². The Kier molecular flexibility index (Phi) is 14.2. The van der Waals surface area contributed by atoms with Crippen LogP contribution in [0.2, 0.25) is 0 Å². The van der Waals surface area contributed by atoms with Gasteiger partial charge in [0.2, 0.25) is 0 Å². The van der Waals surface area contributed by atoms with E-state index in [-0.39, 0.29) is 11.0 Å². The molecule has 1 nitrogen and oxygen atoms in total. The van der Waals surface area contributed by atoms with Gasteiger partial charge >= 0.3 is 0 Å². The van der Waals surface area contributed by atoms with Crippen LogP contribution in [0, 0.1) is 5.41 Å². The molecule has 2 rings (SSSR count). The first-order valence-electron chi connectivity index (χ1n) is 16.6. The highest BCUT2D eigenvalue weighted by molar-refractivity contribution is 5.77. The number of benzene rings is 1. The standard InChI is InChI=1S/C37H65N/c1-10-12-14-16-18-19-21-25-29-38(36(5,6)7)34(28-22-20-17-15-13-11-2)37(8,9)35-31(4)30(3)32-26-23-24-27-33(32)35/h23-24,26-27,34-35H,10-22,25,28-29H2,1-9H3. The van der Waals surface area contributed by atoms with Gasteiger partial charge in [-0.3, -0.25) is 4.90 Å².